The highest BCUT2D eigenvalue weighted by molar-refractivity contribution is 9.11. The molecule has 0 fully saturated rings. The summed E-state index contributed by atoms with van der Waals surface area (Å²) in [4.78, 5) is 27.3. The van der Waals surface area contributed by atoms with Crippen molar-refractivity contribution in [2.75, 3.05) is 25.2 Å². The predicted octanol–water partition coefficient (Wildman–Crippen LogP) is 7.65. The van der Waals surface area contributed by atoms with Crippen LogP contribution in [0.4, 0.5) is 5.69 Å². The number of benzene rings is 3. The number of nitrogens with zero attached hydrogens (tertiary/aromatic N) is 1. The van der Waals surface area contributed by atoms with Crippen LogP contribution in [-0.4, -0.2) is 32.1 Å². The van der Waals surface area contributed by atoms with E-state index in [2.05, 4.69) is 45.7 Å². The summed E-state index contributed by atoms with van der Waals surface area (Å²) in [5, 5.41) is 0. The molecule has 0 spiro atoms. The maximum Gasteiger partial charge on any atom is 0.326 e. The van der Waals surface area contributed by atoms with Gasteiger partial charge in [0.15, 0.2) is 5.75 Å². The highest BCUT2D eigenvalue weighted by atomic mass is 79.9. The van der Waals surface area contributed by atoms with Crippen molar-refractivity contribution >= 4 is 49.4 Å². The van der Waals surface area contributed by atoms with Gasteiger partial charge in [-0.1, -0.05) is 32.0 Å². The zero-order valence-electron chi connectivity index (χ0n) is 20.9. The lowest BCUT2D eigenvalue weighted by Gasteiger charge is -2.24. The summed E-state index contributed by atoms with van der Waals surface area (Å²) in [5.74, 6) is 1.44. The van der Waals surface area contributed by atoms with Crippen LogP contribution in [0.2, 0.25) is 0 Å². The summed E-state index contributed by atoms with van der Waals surface area (Å²) in [7, 11) is 1.65. The van der Waals surface area contributed by atoms with Gasteiger partial charge < -0.3 is 14.2 Å². The molecule has 0 atom stereocenters. The van der Waals surface area contributed by atoms with Gasteiger partial charge in [0.25, 0.3) is 5.91 Å². The summed E-state index contributed by atoms with van der Waals surface area (Å²) in [5.41, 5.74) is 2.87. The lowest BCUT2D eigenvalue weighted by atomic mass is 10.0. The fourth-order valence-electron chi connectivity index (χ4n) is 3.72. The summed E-state index contributed by atoms with van der Waals surface area (Å²) < 4.78 is 18.0. The fraction of sp³-hybridized carbons (Fsp3) is 0.286. The Balaban J connectivity index is 1.99. The Morgan fingerprint density at radius 1 is 1.00 bits per heavy atom. The average molecular weight is 619 g/mol. The number of carbonyl (C=O) groups is 2. The lowest BCUT2D eigenvalue weighted by molar-refractivity contribution is -0.141. The predicted molar refractivity (Wildman–Crippen MR) is 148 cm³/mol. The molecule has 0 saturated carbocycles. The summed E-state index contributed by atoms with van der Waals surface area (Å²) in [6.07, 6.45) is 0. The maximum absolute atomic E-state index is 13.5. The Labute approximate surface area is 228 Å². The average Bonchev–Trinajstić information content (AvgIpc) is 2.84. The van der Waals surface area contributed by atoms with Crippen LogP contribution >= 0.6 is 31.9 Å². The van der Waals surface area contributed by atoms with Gasteiger partial charge in [-0.2, -0.15) is 0 Å². The molecule has 0 bridgehead atoms. The first kappa shape index (κ1) is 27.7. The maximum atomic E-state index is 13.5. The molecular formula is C28H29Br2NO5. The molecule has 3 aromatic rings. The number of rotatable bonds is 9. The molecule has 3 aromatic carbocycles. The van der Waals surface area contributed by atoms with Gasteiger partial charge in [0.1, 0.15) is 18.0 Å². The van der Waals surface area contributed by atoms with Crippen molar-refractivity contribution in [3.05, 3.63) is 80.2 Å². The number of aryl methyl sites for hydroxylation is 1. The highest BCUT2D eigenvalue weighted by Gasteiger charge is 2.25. The first-order valence-electron chi connectivity index (χ1n) is 11.5. The number of carbonyl (C=O) groups excluding carboxylic acids is 2. The third-order valence-electron chi connectivity index (χ3n) is 5.55. The van der Waals surface area contributed by atoms with E-state index in [1.165, 1.54) is 4.90 Å². The van der Waals surface area contributed by atoms with E-state index in [1.807, 2.05) is 37.3 Å². The van der Waals surface area contributed by atoms with Gasteiger partial charge in [-0.3, -0.25) is 14.5 Å². The molecule has 8 heteroatoms. The third-order valence-corrected chi connectivity index (χ3v) is 6.73. The summed E-state index contributed by atoms with van der Waals surface area (Å²) in [6, 6.07) is 16.4. The highest BCUT2D eigenvalue weighted by Crippen LogP contribution is 2.41. The molecule has 0 N–H and O–H groups in total. The van der Waals surface area contributed by atoms with Gasteiger partial charge in [-0.05, 0) is 93.6 Å². The molecule has 1 amide bonds. The normalized spacial score (nSPS) is 10.8. The van der Waals surface area contributed by atoms with Crippen LogP contribution < -0.4 is 14.4 Å². The summed E-state index contributed by atoms with van der Waals surface area (Å²) >= 11 is 7.16. The van der Waals surface area contributed by atoms with E-state index in [1.54, 1.807) is 38.3 Å². The molecule has 0 aliphatic carbocycles. The van der Waals surface area contributed by atoms with Crippen molar-refractivity contribution in [2.45, 2.75) is 33.6 Å². The molecule has 3 rings (SSSR count). The van der Waals surface area contributed by atoms with Crippen molar-refractivity contribution in [3.8, 4) is 17.2 Å². The minimum Gasteiger partial charge on any atom is -0.496 e. The number of ether oxygens (including phenoxy) is 3. The fourth-order valence-corrected chi connectivity index (χ4v) is 5.04. The summed E-state index contributed by atoms with van der Waals surface area (Å²) in [6.45, 7) is 7.77. The van der Waals surface area contributed by atoms with Crippen molar-refractivity contribution < 1.29 is 23.8 Å². The van der Waals surface area contributed by atoms with E-state index >= 15 is 0 Å². The quantitative estimate of drug-likeness (QED) is 0.230. The van der Waals surface area contributed by atoms with E-state index in [0.717, 1.165) is 16.9 Å². The molecular weight excluding hydrogens is 590 g/mol. The first-order valence-corrected chi connectivity index (χ1v) is 13.1. The second-order valence-corrected chi connectivity index (χ2v) is 10.1. The van der Waals surface area contributed by atoms with Gasteiger partial charge in [0.05, 0.1) is 22.7 Å². The van der Waals surface area contributed by atoms with Gasteiger partial charge in [0, 0.05) is 16.8 Å². The van der Waals surface area contributed by atoms with Crippen LogP contribution in [0, 0.1) is 6.92 Å². The molecule has 0 unspecified atom stereocenters. The minimum absolute atomic E-state index is 0.226. The molecule has 0 aromatic heterocycles. The molecule has 6 nitrogen and oxygen atoms in total. The molecule has 190 valence electrons. The van der Waals surface area contributed by atoms with E-state index < -0.39 is 5.97 Å². The van der Waals surface area contributed by atoms with E-state index in [9.17, 15) is 9.59 Å². The lowest BCUT2D eigenvalue weighted by Crippen LogP contribution is -2.37. The molecule has 36 heavy (non-hydrogen) atoms. The number of hydrogen-bond donors (Lipinski definition) is 0. The Bertz CT molecular complexity index is 1240. The zero-order chi connectivity index (χ0) is 26.4. The van der Waals surface area contributed by atoms with Crippen molar-refractivity contribution in [3.63, 3.8) is 0 Å². The van der Waals surface area contributed by atoms with Crippen LogP contribution in [0.3, 0.4) is 0 Å². The number of halogens is 2. The molecule has 0 aliphatic rings. The monoisotopic (exact) mass is 617 g/mol. The van der Waals surface area contributed by atoms with E-state index in [-0.39, 0.29) is 25.0 Å². The molecule has 0 aliphatic heterocycles. The first-order chi connectivity index (χ1) is 17.2. The van der Waals surface area contributed by atoms with Crippen molar-refractivity contribution in [1.29, 1.82) is 0 Å². The number of anilines is 1. The largest absolute Gasteiger partial charge is 0.496 e. The standard InChI is InChI=1S/C28H29Br2NO5/c1-6-35-26(32)16-31(28(33)21-10-8-7-9-18(21)4)19-13-23(29)27(24(30)14-19)36-20-11-12-25(34-5)22(15-20)17(2)3/h7-15,17H,6,16H2,1-5H3. The van der Waals surface area contributed by atoms with Crippen molar-refractivity contribution in [1.82, 2.24) is 0 Å². The van der Waals surface area contributed by atoms with Gasteiger partial charge >= 0.3 is 5.97 Å². The second kappa shape index (κ2) is 12.4. The SMILES string of the molecule is CCOC(=O)CN(C(=O)c1ccccc1C)c1cc(Br)c(Oc2ccc(OC)c(C(C)C)c2)c(Br)c1. The van der Waals surface area contributed by atoms with Crippen LogP contribution in [-0.2, 0) is 9.53 Å². The number of amides is 1. The Kier molecular flexibility index (Phi) is 9.56. The van der Waals surface area contributed by atoms with Crippen LogP contribution in [0.5, 0.6) is 17.2 Å². The van der Waals surface area contributed by atoms with Crippen molar-refractivity contribution in [2.24, 2.45) is 0 Å². The Morgan fingerprint density at radius 2 is 1.67 bits per heavy atom. The van der Waals surface area contributed by atoms with E-state index in [0.29, 0.717) is 31.7 Å². The van der Waals surface area contributed by atoms with Crippen LogP contribution in [0.15, 0.2) is 63.5 Å². The third kappa shape index (κ3) is 6.48. The number of esters is 1. The van der Waals surface area contributed by atoms with Gasteiger partial charge in [0.2, 0.25) is 0 Å². The second-order valence-electron chi connectivity index (χ2n) is 8.41. The molecule has 0 radical (unpaired) electrons. The zero-order valence-corrected chi connectivity index (χ0v) is 24.1. The number of methoxy groups -OCH3 is 1. The van der Waals surface area contributed by atoms with E-state index in [4.69, 9.17) is 14.2 Å². The smallest absolute Gasteiger partial charge is 0.326 e. The Hall–Kier alpha value is -2.84. The molecule has 0 heterocycles. The van der Waals surface area contributed by atoms with Gasteiger partial charge in [-0.25, -0.2) is 0 Å². The number of hydrogen-bond acceptors (Lipinski definition) is 5. The minimum atomic E-state index is -0.494. The van der Waals surface area contributed by atoms with Crippen LogP contribution in [0.1, 0.15) is 48.2 Å². The van der Waals surface area contributed by atoms with Crippen LogP contribution in [0.25, 0.3) is 0 Å². The van der Waals surface area contributed by atoms with Gasteiger partial charge in [-0.15, -0.1) is 0 Å². The topological polar surface area (TPSA) is 65.1 Å². The molecule has 0 saturated heterocycles. The Morgan fingerprint density at radius 3 is 2.25 bits per heavy atom.